The number of carbonyl (C=O) groups excluding carboxylic acids is 2. The molecule has 2 rings (SSSR count). The Labute approximate surface area is 203 Å². The van der Waals surface area contributed by atoms with Gasteiger partial charge < -0.3 is 19.5 Å². The van der Waals surface area contributed by atoms with E-state index in [1.807, 2.05) is 75.4 Å². The van der Waals surface area contributed by atoms with Crippen molar-refractivity contribution in [2.24, 2.45) is 0 Å². The lowest BCUT2D eigenvalue weighted by Gasteiger charge is -2.23. The lowest BCUT2D eigenvalue weighted by Crippen LogP contribution is -2.39. The van der Waals surface area contributed by atoms with Gasteiger partial charge >= 0.3 is 12.1 Å². The van der Waals surface area contributed by atoms with Gasteiger partial charge in [0.2, 0.25) is 0 Å². The molecule has 0 spiro atoms. The van der Waals surface area contributed by atoms with Gasteiger partial charge in [0.15, 0.2) is 0 Å². The van der Waals surface area contributed by atoms with E-state index in [1.165, 1.54) is 0 Å². The van der Waals surface area contributed by atoms with Crippen LogP contribution in [0.2, 0.25) is 0 Å². The molecule has 2 aromatic carbocycles. The number of rotatable bonds is 8. The highest BCUT2D eigenvalue weighted by Crippen LogP contribution is 2.17. The van der Waals surface area contributed by atoms with Gasteiger partial charge in [-0.25, -0.2) is 9.59 Å². The predicted molar refractivity (Wildman–Crippen MR) is 134 cm³/mol. The minimum absolute atomic E-state index is 0.416. The van der Waals surface area contributed by atoms with Crippen LogP contribution in [0.15, 0.2) is 66.2 Å². The molecular weight excluding hydrogens is 430 g/mol. The first-order valence-electron chi connectivity index (χ1n) is 11.5. The van der Waals surface area contributed by atoms with Crippen molar-refractivity contribution < 1.29 is 23.8 Å². The molecule has 0 bridgehead atoms. The van der Waals surface area contributed by atoms with Crippen molar-refractivity contribution in [2.75, 3.05) is 0 Å². The van der Waals surface area contributed by atoms with Crippen LogP contribution in [0.4, 0.5) is 4.79 Å². The predicted octanol–water partition coefficient (Wildman–Crippen LogP) is 5.99. The van der Waals surface area contributed by atoms with Crippen LogP contribution in [0.1, 0.15) is 59.6 Å². The zero-order valence-electron chi connectivity index (χ0n) is 21.3. The third-order valence-electron chi connectivity index (χ3n) is 4.50. The lowest BCUT2D eigenvalue weighted by atomic mass is 10.0. The first-order valence-corrected chi connectivity index (χ1v) is 11.5. The Bertz CT molecular complexity index is 967. The zero-order chi connectivity index (χ0) is 25.4. The SMILES string of the molecule is C/C(=C/C(Cc1ccc(OCc2ccccc2)cc1)NC(=O)OC(C)(C)C)C(=O)OC(C)(C)C. The van der Waals surface area contributed by atoms with Crippen molar-refractivity contribution in [2.45, 2.75) is 78.7 Å². The van der Waals surface area contributed by atoms with Crippen molar-refractivity contribution in [3.05, 3.63) is 77.4 Å². The molecule has 0 aliphatic heterocycles. The molecule has 6 heteroatoms. The number of alkyl carbamates (subject to hydrolysis) is 1. The minimum Gasteiger partial charge on any atom is -0.489 e. The summed E-state index contributed by atoms with van der Waals surface area (Å²) in [5, 5.41) is 2.86. The monoisotopic (exact) mass is 467 g/mol. The van der Waals surface area contributed by atoms with Gasteiger partial charge in [-0.05, 0) is 78.1 Å². The molecule has 2 aromatic rings. The fourth-order valence-electron chi connectivity index (χ4n) is 3.06. The first-order chi connectivity index (χ1) is 15.8. The molecule has 1 unspecified atom stereocenters. The van der Waals surface area contributed by atoms with Crippen molar-refractivity contribution in [3.8, 4) is 5.75 Å². The molecule has 1 atom stereocenters. The number of hydrogen-bond donors (Lipinski definition) is 1. The maximum absolute atomic E-state index is 12.4. The molecule has 0 saturated carbocycles. The summed E-state index contributed by atoms with van der Waals surface area (Å²) in [6, 6.07) is 17.2. The lowest BCUT2D eigenvalue weighted by molar-refractivity contribution is -0.149. The molecule has 0 aliphatic rings. The van der Waals surface area contributed by atoms with Crippen molar-refractivity contribution in [1.82, 2.24) is 5.32 Å². The fraction of sp³-hybridized carbons (Fsp3) is 0.429. The number of ether oxygens (including phenoxy) is 3. The van der Waals surface area contributed by atoms with E-state index in [4.69, 9.17) is 14.2 Å². The Hall–Kier alpha value is -3.28. The van der Waals surface area contributed by atoms with Crippen molar-refractivity contribution in [3.63, 3.8) is 0 Å². The Morgan fingerprint density at radius 3 is 2.00 bits per heavy atom. The molecule has 1 amide bonds. The van der Waals surface area contributed by atoms with Crippen LogP contribution in [-0.2, 0) is 27.3 Å². The summed E-state index contributed by atoms with van der Waals surface area (Å²) in [6.07, 6.45) is 1.63. The molecule has 34 heavy (non-hydrogen) atoms. The summed E-state index contributed by atoms with van der Waals surface area (Å²) in [6.45, 7) is 13.0. The average molecular weight is 468 g/mol. The molecule has 0 aromatic heterocycles. The van der Waals surface area contributed by atoms with E-state index in [0.717, 1.165) is 16.9 Å². The first kappa shape index (κ1) is 27.0. The van der Waals surface area contributed by atoms with E-state index in [9.17, 15) is 9.59 Å². The van der Waals surface area contributed by atoms with Crippen LogP contribution in [0.5, 0.6) is 5.75 Å². The van der Waals surface area contributed by atoms with Crippen molar-refractivity contribution >= 4 is 12.1 Å². The Balaban J connectivity index is 2.11. The summed E-state index contributed by atoms with van der Waals surface area (Å²) in [4.78, 5) is 24.9. The summed E-state index contributed by atoms with van der Waals surface area (Å²) < 4.78 is 16.7. The number of hydrogen-bond acceptors (Lipinski definition) is 5. The highest BCUT2D eigenvalue weighted by Gasteiger charge is 2.22. The van der Waals surface area contributed by atoms with Gasteiger partial charge in [0.05, 0.1) is 6.04 Å². The van der Waals surface area contributed by atoms with Gasteiger partial charge in [-0.2, -0.15) is 0 Å². The van der Waals surface area contributed by atoms with E-state index >= 15 is 0 Å². The van der Waals surface area contributed by atoms with Crippen LogP contribution in [0, 0.1) is 0 Å². The average Bonchev–Trinajstić information content (AvgIpc) is 2.71. The van der Waals surface area contributed by atoms with Gasteiger partial charge in [0, 0.05) is 5.57 Å². The van der Waals surface area contributed by atoms with E-state index in [2.05, 4.69) is 5.32 Å². The molecule has 0 aliphatic carbocycles. The standard InChI is InChI=1S/C28H37NO5/c1-20(25(30)33-27(2,3)4)17-23(29-26(31)34-28(5,6)7)18-21-13-15-24(16-14-21)32-19-22-11-9-8-10-12-22/h8-17,23H,18-19H2,1-7H3,(H,29,31)/b20-17-. The number of benzene rings is 2. The third-order valence-corrected chi connectivity index (χ3v) is 4.50. The van der Waals surface area contributed by atoms with Crippen molar-refractivity contribution in [1.29, 1.82) is 0 Å². The summed E-state index contributed by atoms with van der Waals surface area (Å²) in [7, 11) is 0. The van der Waals surface area contributed by atoms with Gasteiger partial charge in [-0.15, -0.1) is 0 Å². The second-order valence-electron chi connectivity index (χ2n) is 10.2. The van der Waals surface area contributed by atoms with Gasteiger partial charge in [0.25, 0.3) is 0 Å². The van der Waals surface area contributed by atoms with Gasteiger partial charge in [-0.3, -0.25) is 0 Å². The zero-order valence-corrected chi connectivity index (χ0v) is 21.3. The Kier molecular flexibility index (Phi) is 9.30. The van der Waals surface area contributed by atoms with Crippen LogP contribution < -0.4 is 10.1 Å². The largest absolute Gasteiger partial charge is 0.489 e. The van der Waals surface area contributed by atoms with Gasteiger partial charge in [0.1, 0.15) is 23.6 Å². The summed E-state index contributed by atoms with van der Waals surface area (Å²) in [5.41, 5.74) is 1.25. The fourth-order valence-corrected chi connectivity index (χ4v) is 3.06. The molecule has 1 N–H and O–H groups in total. The third kappa shape index (κ3) is 10.6. The Morgan fingerprint density at radius 1 is 0.853 bits per heavy atom. The molecule has 0 radical (unpaired) electrons. The number of amides is 1. The van der Waals surface area contributed by atoms with E-state index < -0.39 is 29.3 Å². The highest BCUT2D eigenvalue weighted by atomic mass is 16.6. The number of esters is 1. The Morgan fingerprint density at radius 2 is 1.44 bits per heavy atom. The molecular formula is C28H37NO5. The maximum Gasteiger partial charge on any atom is 0.408 e. The molecule has 0 fully saturated rings. The smallest absolute Gasteiger partial charge is 0.408 e. The highest BCUT2D eigenvalue weighted by molar-refractivity contribution is 5.88. The molecule has 0 saturated heterocycles. The number of carbonyl (C=O) groups is 2. The van der Waals surface area contributed by atoms with E-state index in [1.54, 1.807) is 33.8 Å². The summed E-state index contributed by atoms with van der Waals surface area (Å²) in [5.74, 6) is 0.331. The molecule has 0 heterocycles. The normalized spacial score (nSPS) is 13.1. The van der Waals surface area contributed by atoms with Crippen LogP contribution in [0.3, 0.4) is 0 Å². The van der Waals surface area contributed by atoms with E-state index in [-0.39, 0.29) is 0 Å². The summed E-state index contributed by atoms with van der Waals surface area (Å²) >= 11 is 0. The number of nitrogens with one attached hydrogen (secondary N) is 1. The van der Waals surface area contributed by atoms with Gasteiger partial charge in [-0.1, -0.05) is 48.5 Å². The second-order valence-corrected chi connectivity index (χ2v) is 10.2. The maximum atomic E-state index is 12.4. The quantitative estimate of drug-likeness (QED) is 0.381. The molecule has 6 nitrogen and oxygen atoms in total. The van der Waals surface area contributed by atoms with Crippen LogP contribution in [0.25, 0.3) is 0 Å². The topological polar surface area (TPSA) is 73.9 Å². The van der Waals surface area contributed by atoms with Crippen LogP contribution in [-0.4, -0.2) is 29.3 Å². The van der Waals surface area contributed by atoms with E-state index in [0.29, 0.717) is 18.6 Å². The minimum atomic E-state index is -0.629. The second kappa shape index (κ2) is 11.7. The van der Waals surface area contributed by atoms with Crippen LogP contribution >= 0.6 is 0 Å². The molecule has 184 valence electrons.